The van der Waals surface area contributed by atoms with Crippen LogP contribution < -0.4 is 4.72 Å². The highest BCUT2D eigenvalue weighted by molar-refractivity contribution is 7.93. The molecule has 5 nitrogen and oxygen atoms in total. The molecule has 8 heteroatoms. The fourth-order valence-corrected chi connectivity index (χ4v) is 4.55. The Labute approximate surface area is 131 Å². The molecular formula is C13H12ClNO4S2. The van der Waals surface area contributed by atoms with Crippen LogP contribution in [0, 0.1) is 13.8 Å². The first-order valence-corrected chi connectivity index (χ1v) is 8.51. The predicted octanol–water partition coefficient (Wildman–Crippen LogP) is 3.52. The van der Waals surface area contributed by atoms with Crippen LogP contribution >= 0.6 is 22.9 Å². The molecule has 0 aliphatic rings. The van der Waals surface area contributed by atoms with Crippen LogP contribution in [0.5, 0.6) is 0 Å². The molecule has 0 aliphatic heterocycles. The molecule has 0 bridgehead atoms. The van der Waals surface area contributed by atoms with E-state index in [1.54, 1.807) is 26.0 Å². The molecule has 1 aromatic carbocycles. The number of thiophene rings is 1. The van der Waals surface area contributed by atoms with Crippen molar-refractivity contribution in [2.45, 2.75) is 18.7 Å². The van der Waals surface area contributed by atoms with E-state index in [-0.39, 0.29) is 19.8 Å². The maximum Gasteiger partial charge on any atom is 0.346 e. The summed E-state index contributed by atoms with van der Waals surface area (Å²) in [5.74, 6) is -1.09. The Morgan fingerprint density at radius 2 is 1.95 bits per heavy atom. The van der Waals surface area contributed by atoms with Crippen LogP contribution in [0.4, 0.5) is 5.00 Å². The first kappa shape index (κ1) is 15.8. The van der Waals surface area contributed by atoms with Gasteiger partial charge in [-0.3, -0.25) is 4.72 Å². The molecule has 1 heterocycles. The normalized spacial score (nSPS) is 11.4. The first-order valence-electron chi connectivity index (χ1n) is 5.83. The molecule has 2 aromatic rings. The number of hydrogen-bond acceptors (Lipinski definition) is 4. The summed E-state index contributed by atoms with van der Waals surface area (Å²) < 4.78 is 26.9. The van der Waals surface area contributed by atoms with Crippen LogP contribution in [0.2, 0.25) is 5.02 Å². The summed E-state index contributed by atoms with van der Waals surface area (Å²) in [6.07, 6.45) is 0. The lowest BCUT2D eigenvalue weighted by Crippen LogP contribution is -2.12. The van der Waals surface area contributed by atoms with E-state index in [0.717, 1.165) is 16.9 Å². The molecule has 0 amide bonds. The number of sulfonamides is 1. The average Bonchev–Trinajstić information content (AvgIpc) is 2.68. The zero-order valence-corrected chi connectivity index (χ0v) is 13.6. The first-order chi connectivity index (χ1) is 9.70. The van der Waals surface area contributed by atoms with E-state index in [4.69, 9.17) is 16.7 Å². The standard InChI is InChI=1S/C13H12ClNO4S2/c1-7-3-4-10(9(14)5-7)21(18,19)15-11-6-8(2)12(20-11)13(16)17/h3-6,15H,1-2H3,(H,16,17). The van der Waals surface area contributed by atoms with Gasteiger partial charge < -0.3 is 5.11 Å². The van der Waals surface area contributed by atoms with Crippen molar-refractivity contribution in [1.29, 1.82) is 0 Å². The fraction of sp³-hybridized carbons (Fsp3) is 0.154. The van der Waals surface area contributed by atoms with E-state index in [1.807, 2.05) is 0 Å². The number of rotatable bonds is 4. The molecule has 0 fully saturated rings. The largest absolute Gasteiger partial charge is 0.477 e. The van der Waals surface area contributed by atoms with Crippen LogP contribution in [0.15, 0.2) is 29.2 Å². The van der Waals surface area contributed by atoms with Gasteiger partial charge in [0.15, 0.2) is 0 Å². The van der Waals surface area contributed by atoms with Crippen molar-refractivity contribution in [1.82, 2.24) is 0 Å². The number of carbonyl (C=O) groups is 1. The van der Waals surface area contributed by atoms with E-state index in [0.29, 0.717) is 5.56 Å². The Balaban J connectivity index is 2.37. The number of carboxylic acids is 1. The van der Waals surface area contributed by atoms with Gasteiger partial charge in [0.05, 0.1) is 5.02 Å². The highest BCUT2D eigenvalue weighted by Crippen LogP contribution is 2.30. The molecule has 1 aromatic heterocycles. The molecular weight excluding hydrogens is 334 g/mol. The van der Waals surface area contributed by atoms with Crippen LogP contribution in [0.1, 0.15) is 20.8 Å². The fourth-order valence-electron chi connectivity index (χ4n) is 1.76. The van der Waals surface area contributed by atoms with E-state index in [2.05, 4.69) is 4.72 Å². The van der Waals surface area contributed by atoms with Gasteiger partial charge >= 0.3 is 5.97 Å². The summed E-state index contributed by atoms with van der Waals surface area (Å²) in [6.45, 7) is 3.41. The number of benzene rings is 1. The summed E-state index contributed by atoms with van der Waals surface area (Å²) in [5.41, 5.74) is 1.35. The van der Waals surface area contributed by atoms with Crippen LogP contribution in [-0.2, 0) is 10.0 Å². The Morgan fingerprint density at radius 3 is 2.48 bits per heavy atom. The van der Waals surface area contributed by atoms with Crippen molar-refractivity contribution in [3.05, 3.63) is 45.3 Å². The summed E-state index contributed by atoms with van der Waals surface area (Å²) in [6, 6.07) is 6.09. The van der Waals surface area contributed by atoms with E-state index >= 15 is 0 Å². The lowest BCUT2D eigenvalue weighted by atomic mass is 10.2. The number of aryl methyl sites for hydroxylation is 2. The molecule has 0 unspecified atom stereocenters. The molecule has 0 atom stereocenters. The minimum absolute atomic E-state index is 0.0438. The lowest BCUT2D eigenvalue weighted by Gasteiger charge is -2.08. The van der Waals surface area contributed by atoms with Gasteiger partial charge in [-0.25, -0.2) is 13.2 Å². The molecule has 21 heavy (non-hydrogen) atoms. The van der Waals surface area contributed by atoms with E-state index < -0.39 is 16.0 Å². The van der Waals surface area contributed by atoms with E-state index in [9.17, 15) is 13.2 Å². The Hall–Kier alpha value is -1.57. The van der Waals surface area contributed by atoms with Crippen molar-refractivity contribution >= 4 is 43.9 Å². The molecule has 0 aliphatic carbocycles. The minimum Gasteiger partial charge on any atom is -0.477 e. The van der Waals surface area contributed by atoms with Gasteiger partial charge in [-0.2, -0.15) is 0 Å². The Kier molecular flexibility index (Phi) is 4.27. The third-order valence-corrected chi connectivity index (χ3v) is 5.84. The second-order valence-corrected chi connectivity index (χ2v) is 7.58. The topological polar surface area (TPSA) is 83.5 Å². The number of hydrogen-bond donors (Lipinski definition) is 2. The lowest BCUT2D eigenvalue weighted by molar-refractivity contribution is 0.0701. The van der Waals surface area contributed by atoms with Crippen LogP contribution in [-0.4, -0.2) is 19.5 Å². The smallest absolute Gasteiger partial charge is 0.346 e. The molecule has 0 spiro atoms. The third-order valence-electron chi connectivity index (χ3n) is 2.72. The summed E-state index contributed by atoms with van der Waals surface area (Å²) in [5, 5.41) is 9.34. The van der Waals surface area contributed by atoms with Gasteiger partial charge in [0.25, 0.3) is 10.0 Å². The minimum atomic E-state index is -3.85. The summed E-state index contributed by atoms with van der Waals surface area (Å²) in [7, 11) is -3.85. The van der Waals surface area contributed by atoms with Gasteiger partial charge in [-0.15, -0.1) is 11.3 Å². The number of nitrogens with one attached hydrogen (secondary N) is 1. The Bertz CT molecular complexity index is 812. The zero-order valence-electron chi connectivity index (χ0n) is 11.2. The highest BCUT2D eigenvalue weighted by atomic mass is 35.5. The summed E-state index contributed by atoms with van der Waals surface area (Å²) in [4.78, 5) is 11.0. The van der Waals surface area contributed by atoms with Crippen molar-refractivity contribution in [3.63, 3.8) is 0 Å². The molecule has 2 rings (SSSR count). The van der Waals surface area contributed by atoms with Crippen LogP contribution in [0.3, 0.4) is 0 Å². The molecule has 112 valence electrons. The third kappa shape index (κ3) is 3.37. The SMILES string of the molecule is Cc1ccc(S(=O)(=O)Nc2cc(C)c(C(=O)O)s2)c(Cl)c1. The zero-order chi connectivity index (χ0) is 15.8. The van der Waals surface area contributed by atoms with Gasteiger partial charge in [0, 0.05) is 0 Å². The van der Waals surface area contributed by atoms with Gasteiger partial charge in [-0.05, 0) is 43.2 Å². The molecule has 2 N–H and O–H groups in total. The average molecular weight is 346 g/mol. The van der Waals surface area contributed by atoms with Crippen molar-refractivity contribution < 1.29 is 18.3 Å². The highest BCUT2D eigenvalue weighted by Gasteiger charge is 2.20. The number of aromatic carboxylic acids is 1. The maximum atomic E-state index is 12.3. The molecule has 0 saturated heterocycles. The van der Waals surface area contributed by atoms with Crippen molar-refractivity contribution in [2.75, 3.05) is 4.72 Å². The molecule has 0 saturated carbocycles. The molecule has 0 radical (unpaired) electrons. The van der Waals surface area contributed by atoms with Gasteiger partial charge in [-0.1, -0.05) is 17.7 Å². The van der Waals surface area contributed by atoms with Gasteiger partial charge in [0.2, 0.25) is 0 Å². The maximum absolute atomic E-state index is 12.3. The van der Waals surface area contributed by atoms with Crippen molar-refractivity contribution in [2.24, 2.45) is 0 Å². The van der Waals surface area contributed by atoms with Crippen LogP contribution in [0.25, 0.3) is 0 Å². The number of halogens is 1. The van der Waals surface area contributed by atoms with E-state index in [1.165, 1.54) is 12.1 Å². The predicted molar refractivity (Wildman–Crippen MR) is 83.0 cm³/mol. The van der Waals surface area contributed by atoms with Gasteiger partial charge in [0.1, 0.15) is 14.8 Å². The van der Waals surface area contributed by atoms with Crippen molar-refractivity contribution in [3.8, 4) is 0 Å². The second-order valence-electron chi connectivity index (χ2n) is 4.47. The number of anilines is 1. The Morgan fingerprint density at radius 1 is 1.29 bits per heavy atom. The number of carboxylic acid groups (broad SMARTS) is 1. The second kappa shape index (κ2) is 5.67. The monoisotopic (exact) mass is 345 g/mol. The quantitative estimate of drug-likeness (QED) is 0.888. The summed E-state index contributed by atoms with van der Waals surface area (Å²) >= 11 is 6.82.